The van der Waals surface area contributed by atoms with E-state index in [0.29, 0.717) is 11.8 Å². The minimum absolute atomic E-state index is 0.147. The number of aliphatic hydroxyl groups is 1. The predicted molar refractivity (Wildman–Crippen MR) is 128 cm³/mol. The van der Waals surface area contributed by atoms with Crippen molar-refractivity contribution in [3.63, 3.8) is 0 Å². The normalized spacial score (nSPS) is 22.9. The van der Waals surface area contributed by atoms with Crippen LogP contribution < -0.4 is 15.0 Å². The Bertz CT molecular complexity index is 1210. The lowest BCUT2D eigenvalue weighted by molar-refractivity contribution is -0.746. The van der Waals surface area contributed by atoms with Gasteiger partial charge in [0.1, 0.15) is 24.0 Å². The van der Waals surface area contributed by atoms with Crippen molar-refractivity contribution in [2.75, 3.05) is 12.3 Å². The third-order valence-corrected chi connectivity index (χ3v) is 6.69. The van der Waals surface area contributed by atoms with Gasteiger partial charge in [0.05, 0.1) is 6.61 Å². The molecular weight excluding hydrogens is 442 g/mol. The number of anilines is 1. The maximum atomic E-state index is 11.1. The van der Waals surface area contributed by atoms with Crippen molar-refractivity contribution < 1.29 is 23.9 Å². The molecule has 3 N–H and O–H groups in total. The molecule has 3 aromatic carbocycles. The minimum Gasteiger partial charge on any atom is -0.414 e. The summed E-state index contributed by atoms with van der Waals surface area (Å²) in [6, 6.07) is 32.4. The van der Waals surface area contributed by atoms with Gasteiger partial charge in [0.2, 0.25) is 18.1 Å². The first-order chi connectivity index (χ1) is 17.2. The maximum Gasteiger partial charge on any atom is 0.503 e. The van der Waals surface area contributed by atoms with E-state index < -0.39 is 30.1 Å². The van der Waals surface area contributed by atoms with E-state index in [2.05, 4.69) is 41.4 Å². The predicted octanol–water partition coefficient (Wildman–Crippen LogP) is 2.98. The topological polar surface area (TPSA) is 90.7 Å². The monoisotopic (exact) mass is 468 g/mol. The fraction of sp³-hybridized carbons (Fsp3) is 0.214. The zero-order chi connectivity index (χ0) is 23.8. The van der Waals surface area contributed by atoms with Gasteiger partial charge in [-0.3, -0.25) is 0 Å². The molecule has 176 valence electrons. The van der Waals surface area contributed by atoms with Crippen molar-refractivity contribution in [1.29, 1.82) is 0 Å². The number of nitrogens with two attached hydrogens (primary N) is 1. The summed E-state index contributed by atoms with van der Waals surface area (Å²) in [5, 5.41) is 11.1. The molecule has 3 heterocycles. The Morgan fingerprint density at radius 2 is 1.40 bits per heavy atom. The Labute approximate surface area is 203 Å². The van der Waals surface area contributed by atoms with Crippen LogP contribution in [0.1, 0.15) is 22.9 Å². The average molecular weight is 469 g/mol. The van der Waals surface area contributed by atoms with Crippen LogP contribution >= 0.6 is 0 Å². The number of aromatic nitrogens is 2. The Kier molecular flexibility index (Phi) is 5.45. The summed E-state index contributed by atoms with van der Waals surface area (Å²) >= 11 is 0. The Morgan fingerprint density at radius 1 is 0.857 bits per heavy atom. The number of ether oxygens (including phenoxy) is 3. The number of fused-ring (bicyclic) bond motifs is 3. The largest absolute Gasteiger partial charge is 0.503 e. The maximum absolute atomic E-state index is 11.1. The number of nitrogen functional groups attached to an aromatic ring is 1. The van der Waals surface area contributed by atoms with Gasteiger partial charge in [-0.2, -0.15) is 4.57 Å². The molecule has 0 amide bonds. The second-order valence-corrected chi connectivity index (χ2v) is 8.77. The van der Waals surface area contributed by atoms with Gasteiger partial charge >= 0.3 is 6.01 Å². The number of hydrogen-bond donors (Lipinski definition) is 2. The molecule has 1 saturated heterocycles. The lowest BCUT2D eigenvalue weighted by Gasteiger charge is -2.37. The summed E-state index contributed by atoms with van der Waals surface area (Å²) in [6.07, 6.45) is -0.819. The van der Waals surface area contributed by atoms with Gasteiger partial charge < -0.3 is 25.1 Å². The van der Waals surface area contributed by atoms with E-state index in [1.807, 2.05) is 54.6 Å². The molecule has 4 atom stereocenters. The van der Waals surface area contributed by atoms with Gasteiger partial charge in [0.15, 0.2) is 0 Å². The molecule has 1 aromatic heterocycles. The lowest BCUT2D eigenvalue weighted by atomic mass is 9.80. The molecule has 0 unspecified atom stereocenters. The molecule has 7 heteroatoms. The highest BCUT2D eigenvalue weighted by Gasteiger charge is 2.56. The highest BCUT2D eigenvalue weighted by Crippen LogP contribution is 2.42. The molecule has 2 aliphatic rings. The smallest absolute Gasteiger partial charge is 0.414 e. The Morgan fingerprint density at radius 3 is 1.94 bits per heavy atom. The van der Waals surface area contributed by atoms with Crippen LogP contribution in [0.2, 0.25) is 0 Å². The van der Waals surface area contributed by atoms with Crippen LogP contribution in [0.4, 0.5) is 5.82 Å². The van der Waals surface area contributed by atoms with Crippen LogP contribution in [0.5, 0.6) is 6.01 Å². The van der Waals surface area contributed by atoms with E-state index in [0.717, 1.165) is 16.7 Å². The summed E-state index contributed by atoms with van der Waals surface area (Å²) in [4.78, 5) is 4.20. The van der Waals surface area contributed by atoms with Gasteiger partial charge in [0.25, 0.3) is 0 Å². The lowest BCUT2D eigenvalue weighted by Crippen LogP contribution is -2.40. The first-order valence-corrected chi connectivity index (χ1v) is 11.7. The Hall–Kier alpha value is -3.78. The summed E-state index contributed by atoms with van der Waals surface area (Å²) in [5.74, 6) is 0.351. The minimum atomic E-state index is -0.900. The Balaban J connectivity index is 1.36. The molecule has 0 radical (unpaired) electrons. The second-order valence-electron chi connectivity index (χ2n) is 8.77. The van der Waals surface area contributed by atoms with Gasteiger partial charge in [0, 0.05) is 11.1 Å². The van der Waals surface area contributed by atoms with Gasteiger partial charge in [-0.25, -0.2) is 0 Å². The molecular formula is C28H26N3O4+. The van der Waals surface area contributed by atoms with Crippen LogP contribution in [0, 0.1) is 0 Å². The molecule has 4 aromatic rings. The molecule has 1 fully saturated rings. The van der Waals surface area contributed by atoms with E-state index in [1.165, 1.54) is 0 Å². The highest BCUT2D eigenvalue weighted by molar-refractivity contribution is 5.47. The fourth-order valence-corrected chi connectivity index (χ4v) is 5.01. The van der Waals surface area contributed by atoms with Gasteiger partial charge in [-0.15, -0.1) is 0 Å². The molecule has 0 aliphatic carbocycles. The van der Waals surface area contributed by atoms with E-state index in [9.17, 15) is 5.11 Å². The third kappa shape index (κ3) is 3.65. The van der Waals surface area contributed by atoms with Crippen LogP contribution in [-0.2, 0) is 15.1 Å². The summed E-state index contributed by atoms with van der Waals surface area (Å²) < 4.78 is 20.7. The number of aliphatic hydroxyl groups excluding tert-OH is 1. The summed E-state index contributed by atoms with van der Waals surface area (Å²) in [7, 11) is 0. The second kappa shape index (κ2) is 8.78. The van der Waals surface area contributed by atoms with E-state index in [-0.39, 0.29) is 6.61 Å². The van der Waals surface area contributed by atoms with Crippen LogP contribution in [0.25, 0.3) is 0 Å². The van der Waals surface area contributed by atoms with Crippen molar-refractivity contribution in [3.05, 3.63) is 120 Å². The average Bonchev–Trinajstić information content (AvgIpc) is 3.41. The summed E-state index contributed by atoms with van der Waals surface area (Å²) in [5.41, 5.74) is 7.84. The van der Waals surface area contributed by atoms with E-state index in [4.69, 9.17) is 19.9 Å². The first kappa shape index (κ1) is 21.7. The standard InChI is InChI=1S/C28H25N3O4/c29-23-16-17-31-26-25(35-27(31)30-23)24(32)22(34-26)18-33-28(19-10-4-1-5-11-19,20-12-6-2-7-13-20)21-14-8-3-9-15-21/h1-17,22,24-26,29,32H,18H2/p+1/t22-,24-,25+,26-/m1/s1. The highest BCUT2D eigenvalue weighted by atomic mass is 16.6. The van der Waals surface area contributed by atoms with Gasteiger partial charge in [-0.05, 0) is 16.7 Å². The quantitative estimate of drug-likeness (QED) is 0.334. The fourth-order valence-electron chi connectivity index (χ4n) is 5.01. The van der Waals surface area contributed by atoms with Crippen LogP contribution in [0.15, 0.2) is 103 Å². The van der Waals surface area contributed by atoms with Crippen molar-refractivity contribution in [2.24, 2.45) is 0 Å². The van der Waals surface area contributed by atoms with Crippen molar-refractivity contribution in [3.8, 4) is 6.01 Å². The first-order valence-electron chi connectivity index (χ1n) is 11.7. The number of nitrogens with zero attached hydrogens (tertiary/aromatic N) is 2. The number of benzene rings is 3. The van der Waals surface area contributed by atoms with Crippen molar-refractivity contribution >= 4 is 5.82 Å². The van der Waals surface area contributed by atoms with Crippen LogP contribution in [0.3, 0.4) is 0 Å². The van der Waals surface area contributed by atoms with Crippen molar-refractivity contribution in [2.45, 2.75) is 30.1 Å². The zero-order valence-electron chi connectivity index (χ0n) is 19.0. The summed E-state index contributed by atoms with van der Waals surface area (Å²) in [6.45, 7) is 0.147. The molecule has 0 spiro atoms. The van der Waals surface area contributed by atoms with E-state index in [1.54, 1.807) is 16.8 Å². The van der Waals surface area contributed by atoms with Crippen molar-refractivity contribution in [1.82, 2.24) is 4.98 Å². The SMILES string of the molecule is Nc1cc[n+]2c(n1)O[C@H]1[C@H](O)[C@@H](COC(c3ccccc3)(c3ccccc3)c3ccccc3)O[C@H]12. The van der Waals surface area contributed by atoms with E-state index >= 15 is 0 Å². The molecule has 2 aliphatic heterocycles. The zero-order valence-corrected chi connectivity index (χ0v) is 19.0. The van der Waals surface area contributed by atoms with Gasteiger partial charge in [-0.1, -0.05) is 91.0 Å². The third-order valence-electron chi connectivity index (χ3n) is 6.69. The molecule has 6 rings (SSSR count). The number of hydrogen-bond acceptors (Lipinski definition) is 6. The molecule has 7 nitrogen and oxygen atoms in total. The molecule has 0 bridgehead atoms. The van der Waals surface area contributed by atoms with Crippen LogP contribution in [-0.4, -0.2) is 35.0 Å². The molecule has 35 heavy (non-hydrogen) atoms. The molecule has 0 saturated carbocycles. The number of rotatable bonds is 6.